The second-order valence-corrected chi connectivity index (χ2v) is 1.44. The molecule has 0 fully saturated rings. The average molecular weight is 160 g/mol. The predicted octanol–water partition coefficient (Wildman–Crippen LogP) is -0.105. The fourth-order valence-electron chi connectivity index (χ4n) is 0.354. The Kier molecular flexibility index (Phi) is 10.2. The summed E-state index contributed by atoms with van der Waals surface area (Å²) in [5, 5.41) is 4.54. The summed E-state index contributed by atoms with van der Waals surface area (Å²) in [4.78, 5) is 20.8. The van der Waals surface area contributed by atoms with Gasteiger partial charge in [-0.2, -0.15) is 0 Å². The maximum Gasteiger partial charge on any atom is 0.309 e. The summed E-state index contributed by atoms with van der Waals surface area (Å²) in [6.07, 6.45) is 0. The van der Waals surface area contributed by atoms with Crippen molar-refractivity contribution in [3.63, 3.8) is 0 Å². The van der Waals surface area contributed by atoms with Crippen molar-refractivity contribution in [3.05, 3.63) is 0 Å². The molecule has 0 unspecified atom stereocenters. The van der Waals surface area contributed by atoms with Crippen LogP contribution in [0.15, 0.2) is 0 Å². The van der Waals surface area contributed by atoms with E-state index in [1.165, 1.54) is 7.05 Å². The van der Waals surface area contributed by atoms with Crippen LogP contribution in [-0.2, 0) is 9.59 Å². The Morgan fingerprint density at radius 1 is 1.18 bits per heavy atom. The Bertz CT molecular complexity index is 124. The molecular formula is C7H16N2O2. The topological polar surface area (TPSA) is 58.2 Å². The highest BCUT2D eigenvalue weighted by Gasteiger charge is 2.07. The van der Waals surface area contributed by atoms with Gasteiger partial charge >= 0.3 is 11.8 Å². The Hall–Kier alpha value is -1.06. The van der Waals surface area contributed by atoms with Crippen LogP contribution in [0.3, 0.4) is 0 Å². The maximum atomic E-state index is 10.5. The molecular weight excluding hydrogens is 144 g/mol. The number of carbonyl (C=O) groups is 2. The molecule has 0 bridgehead atoms. The maximum absolute atomic E-state index is 10.5. The van der Waals surface area contributed by atoms with Gasteiger partial charge in [-0.3, -0.25) is 9.59 Å². The number of likely N-dealkylation sites (N-methyl/N-ethyl adjacent to an activating group) is 2. The van der Waals surface area contributed by atoms with E-state index in [0.29, 0.717) is 6.54 Å². The molecule has 0 rings (SSSR count). The molecule has 0 aromatic rings. The van der Waals surface area contributed by atoms with Gasteiger partial charge in [0.1, 0.15) is 0 Å². The molecule has 0 aliphatic rings. The van der Waals surface area contributed by atoms with Crippen molar-refractivity contribution in [1.82, 2.24) is 10.6 Å². The Labute approximate surface area is 67.4 Å². The lowest BCUT2D eigenvalue weighted by molar-refractivity contribution is -0.138. The van der Waals surface area contributed by atoms with Crippen molar-refractivity contribution >= 4 is 11.8 Å². The van der Waals surface area contributed by atoms with Gasteiger partial charge in [0.2, 0.25) is 0 Å². The van der Waals surface area contributed by atoms with Gasteiger partial charge in [-0.05, 0) is 6.92 Å². The van der Waals surface area contributed by atoms with Crippen molar-refractivity contribution in [2.75, 3.05) is 13.6 Å². The molecule has 0 aliphatic heterocycles. The monoisotopic (exact) mass is 160 g/mol. The molecule has 2 amide bonds. The van der Waals surface area contributed by atoms with E-state index >= 15 is 0 Å². The van der Waals surface area contributed by atoms with Crippen LogP contribution in [0.2, 0.25) is 0 Å². The van der Waals surface area contributed by atoms with Crippen molar-refractivity contribution in [1.29, 1.82) is 0 Å². The van der Waals surface area contributed by atoms with Gasteiger partial charge in [0.05, 0.1) is 0 Å². The molecule has 4 heteroatoms. The van der Waals surface area contributed by atoms with Gasteiger partial charge in [-0.25, -0.2) is 0 Å². The van der Waals surface area contributed by atoms with Crippen LogP contribution in [0.5, 0.6) is 0 Å². The van der Waals surface area contributed by atoms with Crippen LogP contribution in [0.4, 0.5) is 0 Å². The van der Waals surface area contributed by atoms with Gasteiger partial charge in [0.15, 0.2) is 0 Å². The summed E-state index contributed by atoms with van der Waals surface area (Å²) in [5.74, 6) is -1.18. The van der Waals surface area contributed by atoms with Crippen molar-refractivity contribution in [3.8, 4) is 0 Å². The molecule has 0 saturated heterocycles. The van der Waals surface area contributed by atoms with Gasteiger partial charge in [-0.1, -0.05) is 13.8 Å². The standard InChI is InChI=1S/C5H10N2O2.C2H6/c1-3-7-5(9)4(8)6-2;1-2/h3H2,1-2H3,(H,6,8)(H,7,9);1-2H3. The van der Waals surface area contributed by atoms with Crippen LogP contribution in [0.25, 0.3) is 0 Å². The van der Waals surface area contributed by atoms with Gasteiger partial charge in [-0.15, -0.1) is 0 Å². The molecule has 0 radical (unpaired) electrons. The third-order valence-corrected chi connectivity index (χ3v) is 0.771. The van der Waals surface area contributed by atoms with Crippen LogP contribution in [-0.4, -0.2) is 25.4 Å². The van der Waals surface area contributed by atoms with Gasteiger partial charge in [0, 0.05) is 13.6 Å². The quantitative estimate of drug-likeness (QED) is 0.526. The highest BCUT2D eigenvalue weighted by atomic mass is 16.2. The summed E-state index contributed by atoms with van der Waals surface area (Å²) in [5.41, 5.74) is 0. The smallest absolute Gasteiger partial charge is 0.309 e. The molecule has 0 aliphatic carbocycles. The minimum absolute atomic E-state index is 0.478. The number of carbonyl (C=O) groups excluding carboxylic acids is 2. The van der Waals surface area contributed by atoms with Crippen LogP contribution in [0, 0.1) is 0 Å². The zero-order valence-electron chi connectivity index (χ0n) is 7.52. The Balaban J connectivity index is 0. The molecule has 11 heavy (non-hydrogen) atoms. The van der Waals surface area contributed by atoms with E-state index in [1.807, 2.05) is 13.8 Å². The second-order valence-electron chi connectivity index (χ2n) is 1.44. The highest BCUT2D eigenvalue weighted by Crippen LogP contribution is 1.63. The number of rotatable bonds is 1. The molecule has 0 spiro atoms. The van der Waals surface area contributed by atoms with E-state index in [0.717, 1.165) is 0 Å². The normalized spacial score (nSPS) is 7.27. The zero-order chi connectivity index (χ0) is 9.28. The lowest BCUT2D eigenvalue weighted by Gasteiger charge is -1.97. The summed E-state index contributed by atoms with van der Waals surface area (Å²) in [6.45, 7) is 6.23. The van der Waals surface area contributed by atoms with E-state index in [2.05, 4.69) is 10.6 Å². The Morgan fingerprint density at radius 2 is 1.64 bits per heavy atom. The lowest BCUT2D eigenvalue weighted by atomic mass is 10.5. The van der Waals surface area contributed by atoms with Crippen LogP contribution >= 0.6 is 0 Å². The van der Waals surface area contributed by atoms with E-state index in [-0.39, 0.29) is 0 Å². The van der Waals surface area contributed by atoms with E-state index in [1.54, 1.807) is 6.92 Å². The van der Waals surface area contributed by atoms with Crippen molar-refractivity contribution < 1.29 is 9.59 Å². The van der Waals surface area contributed by atoms with Gasteiger partial charge < -0.3 is 10.6 Å². The van der Waals surface area contributed by atoms with Crippen LogP contribution < -0.4 is 10.6 Å². The fourth-order valence-corrected chi connectivity index (χ4v) is 0.354. The number of amides is 2. The fraction of sp³-hybridized carbons (Fsp3) is 0.714. The largest absolute Gasteiger partial charge is 0.351 e. The molecule has 66 valence electrons. The van der Waals surface area contributed by atoms with Crippen LogP contribution in [0.1, 0.15) is 20.8 Å². The minimum Gasteiger partial charge on any atom is -0.351 e. The summed E-state index contributed by atoms with van der Waals surface area (Å²) in [6, 6.07) is 0. The van der Waals surface area contributed by atoms with E-state index < -0.39 is 11.8 Å². The first-order valence-corrected chi connectivity index (χ1v) is 3.72. The third-order valence-electron chi connectivity index (χ3n) is 0.771. The molecule has 2 N–H and O–H groups in total. The molecule has 4 nitrogen and oxygen atoms in total. The highest BCUT2D eigenvalue weighted by molar-refractivity contribution is 6.34. The predicted molar refractivity (Wildman–Crippen MR) is 44.1 cm³/mol. The first kappa shape index (κ1) is 12.6. The minimum atomic E-state index is -0.600. The molecule has 0 saturated carbocycles. The first-order chi connectivity index (χ1) is 5.22. The molecule has 0 heterocycles. The summed E-state index contributed by atoms with van der Waals surface area (Å²) in [7, 11) is 1.41. The van der Waals surface area contributed by atoms with E-state index in [9.17, 15) is 9.59 Å². The van der Waals surface area contributed by atoms with E-state index in [4.69, 9.17) is 0 Å². The zero-order valence-corrected chi connectivity index (χ0v) is 7.52. The van der Waals surface area contributed by atoms with Crippen molar-refractivity contribution in [2.45, 2.75) is 20.8 Å². The first-order valence-electron chi connectivity index (χ1n) is 3.72. The lowest BCUT2D eigenvalue weighted by Crippen LogP contribution is -2.37. The molecule has 0 aromatic carbocycles. The SMILES string of the molecule is CC.CCNC(=O)C(=O)NC. The number of hydrogen-bond acceptors (Lipinski definition) is 2. The number of nitrogens with one attached hydrogen (secondary N) is 2. The summed E-state index contributed by atoms with van der Waals surface area (Å²) < 4.78 is 0. The van der Waals surface area contributed by atoms with Gasteiger partial charge in [0.25, 0.3) is 0 Å². The Morgan fingerprint density at radius 3 is 1.91 bits per heavy atom. The third kappa shape index (κ3) is 6.83. The average Bonchev–Trinajstić information content (AvgIpc) is 2.07. The second kappa shape index (κ2) is 8.94. The molecule has 0 atom stereocenters. The summed E-state index contributed by atoms with van der Waals surface area (Å²) >= 11 is 0. The van der Waals surface area contributed by atoms with Crippen molar-refractivity contribution in [2.24, 2.45) is 0 Å². The number of hydrogen-bond donors (Lipinski definition) is 2. The molecule has 0 aromatic heterocycles.